The summed E-state index contributed by atoms with van der Waals surface area (Å²) in [7, 11) is 3.84. The highest BCUT2D eigenvalue weighted by atomic mass is 16.5. The number of nitriles is 1. The van der Waals surface area contributed by atoms with Gasteiger partial charge in [0.15, 0.2) is 0 Å². The number of likely N-dealkylation sites (N-methyl/N-ethyl adjacent to an activating group) is 1. The average Bonchev–Trinajstić information content (AvgIpc) is 3.46. The number of carbonyl (C=O) groups is 1. The molecule has 43 heavy (non-hydrogen) atoms. The van der Waals surface area contributed by atoms with Crippen LogP contribution in [0.4, 0.5) is 11.5 Å². The van der Waals surface area contributed by atoms with Crippen LogP contribution < -0.4 is 19.3 Å². The Morgan fingerprint density at radius 2 is 2.00 bits per heavy atom. The summed E-state index contributed by atoms with van der Waals surface area (Å²) in [5.74, 6) is 1.53. The molecule has 224 valence electrons. The Hall–Kier alpha value is -4.36. The van der Waals surface area contributed by atoms with Crippen molar-refractivity contribution in [1.29, 1.82) is 5.26 Å². The topological polar surface area (TPSA) is 98.1 Å². The normalized spacial score (nSPS) is 20.5. The number of piperazine rings is 1. The minimum atomic E-state index is -0.241. The maximum Gasteiger partial charge on any atom is 0.318 e. The summed E-state index contributed by atoms with van der Waals surface area (Å²) in [6.07, 6.45) is 4.60. The smallest absolute Gasteiger partial charge is 0.318 e. The van der Waals surface area contributed by atoms with Crippen LogP contribution in [0.25, 0.3) is 10.8 Å². The van der Waals surface area contributed by atoms with Crippen LogP contribution in [0.15, 0.2) is 49.1 Å². The van der Waals surface area contributed by atoms with Crippen molar-refractivity contribution in [2.75, 3.05) is 63.3 Å². The lowest BCUT2D eigenvalue weighted by Crippen LogP contribution is -2.55. The third kappa shape index (κ3) is 5.82. The first kappa shape index (κ1) is 28.7. The van der Waals surface area contributed by atoms with Gasteiger partial charge in [0.05, 0.1) is 37.9 Å². The van der Waals surface area contributed by atoms with Crippen LogP contribution in [-0.4, -0.2) is 91.2 Å². The highest BCUT2D eigenvalue weighted by Gasteiger charge is 2.33. The van der Waals surface area contributed by atoms with Gasteiger partial charge in [-0.1, -0.05) is 30.8 Å². The van der Waals surface area contributed by atoms with E-state index >= 15 is 0 Å². The molecule has 2 atom stereocenters. The van der Waals surface area contributed by atoms with Gasteiger partial charge in [0.25, 0.3) is 0 Å². The predicted molar refractivity (Wildman–Crippen MR) is 167 cm³/mol. The van der Waals surface area contributed by atoms with Crippen LogP contribution in [0.1, 0.15) is 30.5 Å². The molecule has 0 bridgehead atoms. The Morgan fingerprint density at radius 1 is 1.14 bits per heavy atom. The van der Waals surface area contributed by atoms with Gasteiger partial charge in [-0.25, -0.2) is 0 Å². The molecule has 6 rings (SSSR count). The molecule has 2 fully saturated rings. The van der Waals surface area contributed by atoms with Crippen LogP contribution in [0.2, 0.25) is 0 Å². The number of fused-ring (bicyclic) bond motifs is 2. The summed E-state index contributed by atoms with van der Waals surface area (Å²) in [4.78, 5) is 31.2. The maximum atomic E-state index is 12.5. The van der Waals surface area contributed by atoms with Crippen molar-refractivity contribution in [3.63, 3.8) is 0 Å². The molecule has 3 aliphatic rings. The van der Waals surface area contributed by atoms with Gasteiger partial charge in [0.2, 0.25) is 5.91 Å². The number of aromatic nitrogens is 2. The van der Waals surface area contributed by atoms with Gasteiger partial charge in [-0.2, -0.15) is 15.2 Å². The summed E-state index contributed by atoms with van der Waals surface area (Å²) < 4.78 is 12.0. The van der Waals surface area contributed by atoms with Gasteiger partial charge in [0, 0.05) is 54.9 Å². The monoisotopic (exact) mass is 581 g/mol. The van der Waals surface area contributed by atoms with E-state index in [2.05, 4.69) is 64.7 Å². The second kappa shape index (κ2) is 12.5. The van der Waals surface area contributed by atoms with Crippen molar-refractivity contribution < 1.29 is 14.3 Å². The minimum absolute atomic E-state index is 0.143. The molecule has 1 aromatic heterocycles. The van der Waals surface area contributed by atoms with Crippen molar-refractivity contribution in [3.8, 4) is 17.8 Å². The van der Waals surface area contributed by atoms with Crippen molar-refractivity contribution in [3.05, 3.63) is 60.3 Å². The molecule has 2 aromatic carbocycles. The third-order valence-corrected chi connectivity index (χ3v) is 9.06. The van der Waals surface area contributed by atoms with Gasteiger partial charge in [0.1, 0.15) is 18.2 Å². The number of carbonyl (C=O) groups excluding carboxylic acids is 1. The van der Waals surface area contributed by atoms with E-state index in [1.807, 2.05) is 6.07 Å². The second-order valence-corrected chi connectivity index (χ2v) is 11.6. The lowest BCUT2D eigenvalue weighted by molar-refractivity contribution is -0.128. The first-order valence-electron chi connectivity index (χ1n) is 15.1. The number of amides is 1. The van der Waals surface area contributed by atoms with Crippen LogP contribution in [-0.2, 0) is 17.8 Å². The highest BCUT2D eigenvalue weighted by Crippen LogP contribution is 2.37. The number of hydrogen-bond acceptors (Lipinski definition) is 9. The SMILES string of the molecule is C=CC(=O)N1CCN(c2nc(OC[C@H]3CCCN3C)nc3c2CCN(c2cc(OC)cc4ccccc24)C3)C[C@@H]1CC#N. The molecule has 10 nitrogen and oxygen atoms in total. The fourth-order valence-electron chi connectivity index (χ4n) is 6.66. The van der Waals surface area contributed by atoms with Crippen molar-refractivity contribution in [1.82, 2.24) is 19.8 Å². The zero-order valence-electron chi connectivity index (χ0n) is 25.0. The molecule has 0 radical (unpaired) electrons. The number of likely N-dealkylation sites (tertiary alicyclic amines) is 1. The van der Waals surface area contributed by atoms with E-state index < -0.39 is 0 Å². The summed E-state index contributed by atoms with van der Waals surface area (Å²) in [5.41, 5.74) is 3.16. The lowest BCUT2D eigenvalue weighted by atomic mass is 10.0. The van der Waals surface area contributed by atoms with Gasteiger partial charge >= 0.3 is 6.01 Å². The molecule has 0 N–H and O–H groups in total. The van der Waals surface area contributed by atoms with Crippen LogP contribution in [0.5, 0.6) is 11.8 Å². The lowest BCUT2D eigenvalue weighted by Gasteiger charge is -2.42. The number of benzene rings is 2. The quantitative estimate of drug-likeness (QED) is 0.368. The predicted octanol–water partition coefficient (Wildman–Crippen LogP) is 3.79. The summed E-state index contributed by atoms with van der Waals surface area (Å²) in [6, 6.07) is 15.3. The number of nitrogens with zero attached hydrogens (tertiary/aromatic N) is 7. The molecule has 0 saturated carbocycles. The van der Waals surface area contributed by atoms with Crippen molar-refractivity contribution >= 4 is 28.2 Å². The molecule has 3 aliphatic heterocycles. The van der Waals surface area contributed by atoms with Crippen molar-refractivity contribution in [2.45, 2.75) is 44.3 Å². The average molecular weight is 582 g/mol. The second-order valence-electron chi connectivity index (χ2n) is 11.6. The zero-order chi connectivity index (χ0) is 29.9. The number of methoxy groups -OCH3 is 1. The van der Waals surface area contributed by atoms with E-state index in [0.29, 0.717) is 44.8 Å². The third-order valence-electron chi connectivity index (χ3n) is 9.06. The molecule has 2 saturated heterocycles. The number of ether oxygens (including phenoxy) is 2. The van der Waals surface area contributed by atoms with E-state index in [-0.39, 0.29) is 18.4 Å². The first-order chi connectivity index (χ1) is 21.0. The Labute approximate surface area is 253 Å². The number of hydrogen-bond donors (Lipinski definition) is 0. The summed E-state index contributed by atoms with van der Waals surface area (Å²) in [5, 5.41) is 11.8. The minimum Gasteiger partial charge on any atom is -0.497 e. The van der Waals surface area contributed by atoms with Gasteiger partial charge < -0.3 is 29.1 Å². The fourth-order valence-corrected chi connectivity index (χ4v) is 6.66. The van der Waals surface area contributed by atoms with E-state index in [9.17, 15) is 10.1 Å². The Balaban J connectivity index is 1.34. The van der Waals surface area contributed by atoms with E-state index in [4.69, 9.17) is 19.4 Å². The Kier molecular flexibility index (Phi) is 8.34. The Morgan fingerprint density at radius 3 is 2.77 bits per heavy atom. The Bertz CT molecular complexity index is 1550. The molecule has 10 heteroatoms. The zero-order valence-corrected chi connectivity index (χ0v) is 25.0. The van der Waals surface area contributed by atoms with Gasteiger partial charge in [-0.3, -0.25) is 4.79 Å². The standard InChI is InChI=1S/C33H39N7O3/c1-4-31(41)40-17-16-39(20-24(40)11-13-34)32-28-12-15-38(30-19-26(42-3)18-23-8-5-6-10-27(23)30)21-29(28)35-33(36-32)43-22-25-9-7-14-37(25)2/h4-6,8,10,18-19,24-25H,1,7,9,11-12,14-17,20-22H2,2-3H3/t24-,25+/m0/s1. The molecular weight excluding hydrogens is 542 g/mol. The fraction of sp³-hybridized carbons (Fsp3) is 0.455. The molecule has 0 aliphatic carbocycles. The van der Waals surface area contributed by atoms with E-state index in [1.165, 1.54) is 11.5 Å². The number of anilines is 2. The van der Waals surface area contributed by atoms with E-state index in [1.54, 1.807) is 12.0 Å². The van der Waals surface area contributed by atoms with Crippen LogP contribution in [0.3, 0.4) is 0 Å². The van der Waals surface area contributed by atoms with Crippen molar-refractivity contribution in [2.24, 2.45) is 0 Å². The molecular formula is C33H39N7O3. The molecule has 3 aromatic rings. The number of rotatable bonds is 8. The van der Waals surface area contributed by atoms with E-state index in [0.717, 1.165) is 66.3 Å². The van der Waals surface area contributed by atoms with Gasteiger partial charge in [-0.15, -0.1) is 0 Å². The molecule has 4 heterocycles. The maximum absolute atomic E-state index is 12.5. The van der Waals surface area contributed by atoms with Crippen LogP contribution in [0, 0.1) is 11.3 Å². The van der Waals surface area contributed by atoms with Crippen LogP contribution >= 0.6 is 0 Å². The molecule has 1 amide bonds. The highest BCUT2D eigenvalue weighted by molar-refractivity contribution is 5.96. The molecule has 0 spiro atoms. The molecule has 0 unspecified atom stereocenters. The van der Waals surface area contributed by atoms with Gasteiger partial charge in [-0.05, 0) is 50.4 Å². The first-order valence-corrected chi connectivity index (χ1v) is 15.1. The largest absolute Gasteiger partial charge is 0.497 e. The summed E-state index contributed by atoms with van der Waals surface area (Å²) in [6.45, 7) is 8.30. The summed E-state index contributed by atoms with van der Waals surface area (Å²) >= 11 is 0.